The number of nitrogens with zero attached hydrogens (tertiary/aromatic N) is 2. The van der Waals surface area contributed by atoms with Gasteiger partial charge in [0, 0.05) is 13.1 Å². The van der Waals surface area contributed by atoms with E-state index in [-0.39, 0.29) is 23.7 Å². The number of sulfonamides is 1. The number of piperidine rings is 1. The first-order valence-corrected chi connectivity index (χ1v) is 12.6. The summed E-state index contributed by atoms with van der Waals surface area (Å²) in [4.78, 5) is 26.6. The first-order chi connectivity index (χ1) is 15.6. The van der Waals surface area contributed by atoms with Crippen molar-refractivity contribution in [2.24, 2.45) is 5.92 Å². The Labute approximate surface area is 198 Å². The molecule has 1 fully saturated rings. The van der Waals surface area contributed by atoms with Crippen molar-refractivity contribution < 1.29 is 22.7 Å². The van der Waals surface area contributed by atoms with E-state index in [2.05, 4.69) is 12.2 Å². The molecule has 1 saturated heterocycles. The van der Waals surface area contributed by atoms with Gasteiger partial charge in [-0.1, -0.05) is 24.6 Å². The summed E-state index contributed by atoms with van der Waals surface area (Å²) in [5, 5.41) is 3.09. The number of halogens is 1. The highest BCUT2D eigenvalue weighted by Crippen LogP contribution is 2.35. The summed E-state index contributed by atoms with van der Waals surface area (Å²) >= 11 is 6.19. The quantitative estimate of drug-likeness (QED) is 0.691. The Morgan fingerprint density at radius 2 is 1.91 bits per heavy atom. The van der Waals surface area contributed by atoms with Crippen LogP contribution in [0, 0.1) is 12.8 Å². The van der Waals surface area contributed by atoms with Crippen LogP contribution in [0.2, 0.25) is 5.02 Å². The molecule has 0 spiro atoms. The molecule has 0 atom stereocenters. The predicted octanol–water partition coefficient (Wildman–Crippen LogP) is 3.43. The van der Waals surface area contributed by atoms with Gasteiger partial charge in [-0.05, 0) is 61.6 Å². The lowest BCUT2D eigenvalue weighted by molar-refractivity contribution is -0.123. The van der Waals surface area contributed by atoms with Gasteiger partial charge in [-0.15, -0.1) is 0 Å². The molecule has 8 nitrogen and oxygen atoms in total. The van der Waals surface area contributed by atoms with Crippen LogP contribution in [-0.2, 0) is 19.6 Å². The SMILES string of the molecule is Cc1ccc(NC(=O)CN2C(=O)COc3ccc(S(=O)(=O)N4CCC(C)CC4)cc32)c(Cl)c1. The summed E-state index contributed by atoms with van der Waals surface area (Å²) in [6.07, 6.45) is 1.61. The topological polar surface area (TPSA) is 96.0 Å². The van der Waals surface area contributed by atoms with E-state index < -0.39 is 21.8 Å². The largest absolute Gasteiger partial charge is 0.482 e. The van der Waals surface area contributed by atoms with E-state index in [1.165, 1.54) is 27.4 Å². The van der Waals surface area contributed by atoms with Crippen LogP contribution in [0.3, 0.4) is 0 Å². The Kier molecular flexibility index (Phi) is 6.65. The maximum absolute atomic E-state index is 13.2. The van der Waals surface area contributed by atoms with Crippen molar-refractivity contribution in [3.05, 3.63) is 47.0 Å². The number of ether oxygens (including phenoxy) is 1. The zero-order chi connectivity index (χ0) is 23.8. The molecule has 2 aliphatic heterocycles. The number of aryl methyl sites for hydroxylation is 1. The molecule has 10 heteroatoms. The van der Waals surface area contributed by atoms with Gasteiger partial charge in [0.05, 0.1) is 21.3 Å². The van der Waals surface area contributed by atoms with E-state index in [4.69, 9.17) is 16.3 Å². The van der Waals surface area contributed by atoms with Crippen LogP contribution < -0.4 is 15.0 Å². The average molecular weight is 492 g/mol. The minimum absolute atomic E-state index is 0.0705. The fourth-order valence-electron chi connectivity index (χ4n) is 3.94. The van der Waals surface area contributed by atoms with Gasteiger partial charge in [0.1, 0.15) is 12.3 Å². The Morgan fingerprint density at radius 1 is 1.18 bits per heavy atom. The second kappa shape index (κ2) is 9.32. The molecule has 4 rings (SSSR count). The number of amides is 2. The molecule has 0 saturated carbocycles. The first kappa shape index (κ1) is 23.5. The first-order valence-electron chi connectivity index (χ1n) is 10.8. The number of hydrogen-bond donors (Lipinski definition) is 1. The standard InChI is InChI=1S/C23H26ClN3O5S/c1-15-7-9-26(10-8-15)33(30,31)17-4-6-21-20(12-17)27(23(29)14-32-21)13-22(28)25-19-5-3-16(2)11-18(19)24/h3-6,11-12,15H,7-10,13-14H2,1-2H3,(H,25,28). The summed E-state index contributed by atoms with van der Waals surface area (Å²) < 4.78 is 33.3. The molecule has 0 unspecified atom stereocenters. The number of nitrogens with one attached hydrogen (secondary N) is 1. The van der Waals surface area contributed by atoms with E-state index in [0.29, 0.717) is 35.5 Å². The minimum Gasteiger partial charge on any atom is -0.482 e. The molecule has 1 N–H and O–H groups in total. The van der Waals surface area contributed by atoms with Crippen LogP contribution in [0.15, 0.2) is 41.3 Å². The molecule has 2 aromatic rings. The van der Waals surface area contributed by atoms with Gasteiger partial charge in [0.2, 0.25) is 15.9 Å². The molecule has 33 heavy (non-hydrogen) atoms. The third kappa shape index (κ3) is 5.00. The van der Waals surface area contributed by atoms with Gasteiger partial charge in [0.25, 0.3) is 5.91 Å². The van der Waals surface area contributed by atoms with E-state index in [0.717, 1.165) is 18.4 Å². The van der Waals surface area contributed by atoms with Crippen molar-refractivity contribution in [2.75, 3.05) is 36.5 Å². The Bertz CT molecular complexity index is 1190. The van der Waals surface area contributed by atoms with E-state index in [1.807, 2.05) is 13.0 Å². The van der Waals surface area contributed by atoms with E-state index in [1.54, 1.807) is 12.1 Å². The maximum Gasteiger partial charge on any atom is 0.265 e. The fourth-order valence-corrected chi connectivity index (χ4v) is 5.72. The van der Waals surface area contributed by atoms with Crippen molar-refractivity contribution in [2.45, 2.75) is 31.6 Å². The van der Waals surface area contributed by atoms with Crippen molar-refractivity contribution in [3.63, 3.8) is 0 Å². The Morgan fingerprint density at radius 3 is 2.61 bits per heavy atom. The highest BCUT2D eigenvalue weighted by atomic mass is 35.5. The number of rotatable bonds is 5. The lowest BCUT2D eigenvalue weighted by atomic mass is 10.0. The lowest BCUT2D eigenvalue weighted by Gasteiger charge is -2.31. The molecule has 0 radical (unpaired) electrons. The number of carbonyl (C=O) groups is 2. The number of anilines is 2. The molecule has 2 amide bonds. The molecule has 2 aliphatic rings. The molecule has 0 bridgehead atoms. The number of hydrogen-bond acceptors (Lipinski definition) is 5. The summed E-state index contributed by atoms with van der Waals surface area (Å²) in [5.41, 5.74) is 1.64. The van der Waals surface area contributed by atoms with Gasteiger partial charge in [-0.3, -0.25) is 14.5 Å². The second-order valence-electron chi connectivity index (χ2n) is 8.52. The Balaban J connectivity index is 1.57. The maximum atomic E-state index is 13.2. The van der Waals surface area contributed by atoms with E-state index in [9.17, 15) is 18.0 Å². The van der Waals surface area contributed by atoms with Gasteiger partial charge < -0.3 is 10.1 Å². The molecule has 176 valence electrons. The normalized spacial score (nSPS) is 17.4. The number of carbonyl (C=O) groups excluding carboxylic acids is 2. The van der Waals surface area contributed by atoms with E-state index >= 15 is 0 Å². The van der Waals surface area contributed by atoms with Gasteiger partial charge in [-0.2, -0.15) is 4.31 Å². The zero-order valence-corrected chi connectivity index (χ0v) is 20.1. The highest BCUT2D eigenvalue weighted by molar-refractivity contribution is 7.89. The summed E-state index contributed by atoms with van der Waals surface area (Å²) in [6, 6.07) is 9.65. The van der Waals surface area contributed by atoms with Crippen molar-refractivity contribution in [3.8, 4) is 5.75 Å². The second-order valence-corrected chi connectivity index (χ2v) is 10.9. The van der Waals surface area contributed by atoms with Crippen LogP contribution >= 0.6 is 11.6 Å². The predicted molar refractivity (Wildman–Crippen MR) is 126 cm³/mol. The zero-order valence-electron chi connectivity index (χ0n) is 18.5. The minimum atomic E-state index is -3.72. The van der Waals surface area contributed by atoms with Crippen LogP contribution in [-0.4, -0.2) is 50.8 Å². The molecule has 0 aliphatic carbocycles. The van der Waals surface area contributed by atoms with Gasteiger partial charge >= 0.3 is 0 Å². The van der Waals surface area contributed by atoms with Crippen LogP contribution in [0.1, 0.15) is 25.3 Å². The van der Waals surface area contributed by atoms with Crippen molar-refractivity contribution in [1.82, 2.24) is 4.31 Å². The molecule has 2 aromatic carbocycles. The number of fused-ring (bicyclic) bond motifs is 1. The third-order valence-corrected chi connectivity index (χ3v) is 8.16. The van der Waals surface area contributed by atoms with Crippen LogP contribution in [0.4, 0.5) is 11.4 Å². The smallest absolute Gasteiger partial charge is 0.265 e. The van der Waals surface area contributed by atoms with Crippen molar-refractivity contribution >= 4 is 44.8 Å². The van der Waals surface area contributed by atoms with Crippen LogP contribution in [0.25, 0.3) is 0 Å². The lowest BCUT2D eigenvalue weighted by Crippen LogP contribution is -2.43. The average Bonchev–Trinajstić information content (AvgIpc) is 2.77. The molecule has 0 aromatic heterocycles. The summed E-state index contributed by atoms with van der Waals surface area (Å²) in [5.74, 6) is -0.0572. The Hall–Kier alpha value is -2.62. The summed E-state index contributed by atoms with van der Waals surface area (Å²) in [6.45, 7) is 4.38. The summed E-state index contributed by atoms with van der Waals surface area (Å²) in [7, 11) is -3.72. The van der Waals surface area contributed by atoms with Gasteiger partial charge in [0.15, 0.2) is 6.61 Å². The fraction of sp³-hybridized carbons (Fsp3) is 0.391. The molecule has 2 heterocycles. The third-order valence-electron chi connectivity index (χ3n) is 5.95. The van der Waals surface area contributed by atoms with Gasteiger partial charge in [-0.25, -0.2) is 8.42 Å². The monoisotopic (exact) mass is 491 g/mol. The van der Waals surface area contributed by atoms with Crippen molar-refractivity contribution in [1.29, 1.82) is 0 Å². The van der Waals surface area contributed by atoms with Crippen LogP contribution in [0.5, 0.6) is 5.75 Å². The molecular formula is C23H26ClN3O5S. The number of benzene rings is 2. The molecular weight excluding hydrogens is 466 g/mol. The highest BCUT2D eigenvalue weighted by Gasteiger charge is 2.32.